The van der Waals surface area contributed by atoms with E-state index >= 15 is 0 Å². The zero-order valence-electron chi connectivity index (χ0n) is 7.47. The number of carbonyl (C=O) groups excluding carboxylic acids is 1. The summed E-state index contributed by atoms with van der Waals surface area (Å²) in [6.07, 6.45) is 0. The fraction of sp³-hybridized carbons (Fsp3) is 0.222. The van der Waals surface area contributed by atoms with Crippen LogP contribution >= 0.6 is 15.9 Å². The van der Waals surface area contributed by atoms with Crippen LogP contribution in [0.25, 0.3) is 0 Å². The van der Waals surface area contributed by atoms with Crippen LogP contribution in [0.3, 0.4) is 0 Å². The van der Waals surface area contributed by atoms with E-state index in [0.717, 1.165) is 0 Å². The molecule has 0 saturated carbocycles. The first-order valence-electron chi connectivity index (χ1n) is 3.92. The molecular weight excluding hydrogens is 253 g/mol. The van der Waals surface area contributed by atoms with Crippen molar-refractivity contribution in [1.29, 1.82) is 0 Å². The van der Waals surface area contributed by atoms with Gasteiger partial charge in [0.1, 0.15) is 5.75 Å². The lowest BCUT2D eigenvalue weighted by Crippen LogP contribution is -2.19. The van der Waals surface area contributed by atoms with Gasteiger partial charge in [0, 0.05) is 0 Å². The summed E-state index contributed by atoms with van der Waals surface area (Å²) in [5.74, 6) is -1.56. The molecule has 0 spiro atoms. The smallest absolute Gasteiger partial charge is 0.183 e. The normalized spacial score (nSPS) is 10.2. The fourth-order valence-electron chi connectivity index (χ4n) is 1.05. The van der Waals surface area contributed by atoms with Crippen molar-refractivity contribution >= 4 is 21.7 Å². The van der Waals surface area contributed by atoms with Crippen LogP contribution in [0.15, 0.2) is 16.6 Å². The zero-order valence-corrected chi connectivity index (χ0v) is 9.06. The largest absolute Gasteiger partial charge is 0.507 e. The first kappa shape index (κ1) is 11.1. The Kier molecular flexibility index (Phi) is 3.60. The van der Waals surface area contributed by atoms with E-state index in [1.54, 1.807) is 7.05 Å². The van der Waals surface area contributed by atoms with Crippen LogP contribution in [0.2, 0.25) is 0 Å². The van der Waals surface area contributed by atoms with E-state index in [2.05, 4.69) is 21.2 Å². The number of benzene rings is 1. The highest BCUT2D eigenvalue weighted by molar-refractivity contribution is 9.10. The molecule has 0 aliphatic carbocycles. The number of halogens is 2. The monoisotopic (exact) mass is 261 g/mol. The van der Waals surface area contributed by atoms with Crippen molar-refractivity contribution < 1.29 is 14.3 Å². The minimum atomic E-state index is -0.731. The molecule has 5 heteroatoms. The molecule has 3 nitrogen and oxygen atoms in total. The molecule has 1 aromatic carbocycles. The summed E-state index contributed by atoms with van der Waals surface area (Å²) in [7, 11) is 1.57. The lowest BCUT2D eigenvalue weighted by Gasteiger charge is -2.05. The fourth-order valence-corrected chi connectivity index (χ4v) is 1.39. The maximum atomic E-state index is 13.4. The predicted molar refractivity (Wildman–Crippen MR) is 54.0 cm³/mol. The van der Waals surface area contributed by atoms with Gasteiger partial charge in [-0.25, -0.2) is 4.39 Å². The highest BCUT2D eigenvalue weighted by Crippen LogP contribution is 2.26. The van der Waals surface area contributed by atoms with Crippen molar-refractivity contribution in [1.82, 2.24) is 5.32 Å². The molecule has 14 heavy (non-hydrogen) atoms. The quantitative estimate of drug-likeness (QED) is 0.815. The average molecular weight is 262 g/mol. The number of aromatic hydroxyl groups is 1. The van der Waals surface area contributed by atoms with Crippen LogP contribution in [-0.2, 0) is 0 Å². The third-order valence-corrected chi connectivity index (χ3v) is 2.30. The number of hydrogen-bond acceptors (Lipinski definition) is 3. The third-order valence-electron chi connectivity index (χ3n) is 1.69. The van der Waals surface area contributed by atoms with Crippen molar-refractivity contribution in [2.45, 2.75) is 0 Å². The lowest BCUT2D eigenvalue weighted by molar-refractivity contribution is 0.0987. The highest BCUT2D eigenvalue weighted by Gasteiger charge is 2.18. The second kappa shape index (κ2) is 4.52. The summed E-state index contributed by atoms with van der Waals surface area (Å²) in [5, 5.41) is 11.9. The molecule has 0 saturated heterocycles. The summed E-state index contributed by atoms with van der Waals surface area (Å²) in [4.78, 5) is 11.4. The molecule has 0 radical (unpaired) electrons. The molecule has 0 aliphatic rings. The van der Waals surface area contributed by atoms with Gasteiger partial charge in [-0.3, -0.25) is 4.79 Å². The standard InChI is InChI=1S/C9H9BrFNO2/c1-12-4-7(14)8-6(13)3-2-5(10)9(8)11/h2-3,12-13H,4H2,1H3. The van der Waals surface area contributed by atoms with Crippen LogP contribution < -0.4 is 5.32 Å². The number of phenolic OH excluding ortho intramolecular Hbond substituents is 1. The Bertz CT molecular complexity index is 368. The summed E-state index contributed by atoms with van der Waals surface area (Å²) in [5.41, 5.74) is -0.284. The molecule has 0 amide bonds. The number of Topliss-reactive ketones (excluding diaryl/α,β-unsaturated/α-hetero) is 1. The van der Waals surface area contributed by atoms with Gasteiger partial charge in [0.15, 0.2) is 11.6 Å². The first-order chi connectivity index (χ1) is 6.57. The molecular formula is C9H9BrFNO2. The number of hydrogen-bond donors (Lipinski definition) is 2. The Morgan fingerprint density at radius 3 is 2.86 bits per heavy atom. The minimum Gasteiger partial charge on any atom is -0.507 e. The molecule has 0 heterocycles. The van der Waals surface area contributed by atoms with Crippen molar-refractivity contribution in [3.63, 3.8) is 0 Å². The minimum absolute atomic E-state index is 0.0130. The second-order valence-electron chi connectivity index (χ2n) is 2.71. The van der Waals surface area contributed by atoms with Crippen molar-refractivity contribution in [3.8, 4) is 5.75 Å². The van der Waals surface area contributed by atoms with E-state index in [4.69, 9.17) is 0 Å². The Labute approximate surface area is 89.1 Å². The number of rotatable bonds is 3. The molecule has 76 valence electrons. The van der Waals surface area contributed by atoms with Crippen LogP contribution in [0, 0.1) is 5.82 Å². The summed E-state index contributed by atoms with van der Waals surface area (Å²) >= 11 is 2.94. The maximum absolute atomic E-state index is 13.4. The Hall–Kier alpha value is -0.940. The SMILES string of the molecule is CNCC(=O)c1c(O)ccc(Br)c1F. The Balaban J connectivity index is 3.18. The highest BCUT2D eigenvalue weighted by atomic mass is 79.9. The van der Waals surface area contributed by atoms with Gasteiger partial charge in [-0.1, -0.05) is 0 Å². The van der Waals surface area contributed by atoms with Gasteiger partial charge in [0.2, 0.25) is 0 Å². The van der Waals surface area contributed by atoms with Gasteiger partial charge in [0.05, 0.1) is 16.6 Å². The van der Waals surface area contributed by atoms with E-state index in [1.165, 1.54) is 12.1 Å². The Morgan fingerprint density at radius 1 is 1.64 bits per heavy atom. The van der Waals surface area contributed by atoms with E-state index in [9.17, 15) is 14.3 Å². The second-order valence-corrected chi connectivity index (χ2v) is 3.56. The maximum Gasteiger partial charge on any atom is 0.183 e. The van der Waals surface area contributed by atoms with Crippen LogP contribution in [0.5, 0.6) is 5.75 Å². The zero-order chi connectivity index (χ0) is 10.7. The number of carbonyl (C=O) groups is 1. The molecule has 0 aliphatic heterocycles. The molecule has 0 atom stereocenters. The molecule has 0 unspecified atom stereocenters. The van der Waals surface area contributed by atoms with Gasteiger partial charge >= 0.3 is 0 Å². The van der Waals surface area contributed by atoms with E-state index in [0.29, 0.717) is 0 Å². The van der Waals surface area contributed by atoms with Crippen molar-refractivity contribution in [2.75, 3.05) is 13.6 Å². The summed E-state index contributed by atoms with van der Waals surface area (Å²) in [6.45, 7) is -0.0130. The predicted octanol–water partition coefficient (Wildman–Crippen LogP) is 1.70. The van der Waals surface area contributed by atoms with Gasteiger partial charge in [-0.2, -0.15) is 0 Å². The van der Waals surface area contributed by atoms with E-state index < -0.39 is 11.6 Å². The molecule has 0 bridgehead atoms. The number of nitrogens with one attached hydrogen (secondary N) is 1. The van der Waals surface area contributed by atoms with E-state index in [-0.39, 0.29) is 22.3 Å². The van der Waals surface area contributed by atoms with Crippen molar-refractivity contribution in [2.24, 2.45) is 0 Å². The van der Waals surface area contributed by atoms with Crippen LogP contribution in [0.4, 0.5) is 4.39 Å². The molecule has 0 aromatic heterocycles. The Morgan fingerprint density at radius 2 is 2.29 bits per heavy atom. The van der Waals surface area contributed by atoms with Crippen LogP contribution in [-0.4, -0.2) is 24.5 Å². The van der Waals surface area contributed by atoms with Crippen LogP contribution in [0.1, 0.15) is 10.4 Å². The van der Waals surface area contributed by atoms with Gasteiger partial charge in [-0.05, 0) is 35.1 Å². The van der Waals surface area contributed by atoms with Crippen molar-refractivity contribution in [3.05, 3.63) is 28.0 Å². The number of ketones is 1. The number of phenols is 1. The lowest BCUT2D eigenvalue weighted by atomic mass is 10.1. The molecule has 0 fully saturated rings. The van der Waals surface area contributed by atoms with E-state index in [1.807, 2.05) is 0 Å². The average Bonchev–Trinajstić information content (AvgIpc) is 2.13. The van der Waals surface area contributed by atoms with Gasteiger partial charge in [-0.15, -0.1) is 0 Å². The summed E-state index contributed by atoms with van der Waals surface area (Å²) in [6, 6.07) is 2.62. The molecule has 1 aromatic rings. The molecule has 2 N–H and O–H groups in total. The van der Waals surface area contributed by atoms with Gasteiger partial charge < -0.3 is 10.4 Å². The molecule has 1 rings (SSSR count). The number of likely N-dealkylation sites (N-methyl/N-ethyl adjacent to an activating group) is 1. The van der Waals surface area contributed by atoms with Gasteiger partial charge in [0.25, 0.3) is 0 Å². The third kappa shape index (κ3) is 2.10. The summed E-state index contributed by atoms with van der Waals surface area (Å²) < 4.78 is 13.5. The first-order valence-corrected chi connectivity index (χ1v) is 4.72. The topological polar surface area (TPSA) is 49.3 Å².